The van der Waals surface area contributed by atoms with E-state index in [-0.39, 0.29) is 0 Å². The lowest BCUT2D eigenvalue weighted by atomic mass is 9.92. The van der Waals surface area contributed by atoms with Crippen LogP contribution < -0.4 is 10.6 Å². The molecule has 2 rings (SSSR count). The summed E-state index contributed by atoms with van der Waals surface area (Å²) in [5.41, 5.74) is 7.93. The Labute approximate surface area is 172 Å². The van der Waals surface area contributed by atoms with Crippen LogP contribution in [0.2, 0.25) is 0 Å². The van der Waals surface area contributed by atoms with Gasteiger partial charge in [-0.25, -0.2) is 0 Å². The van der Waals surface area contributed by atoms with Crippen LogP contribution in [-0.2, 0) is 0 Å². The molecule has 0 saturated heterocycles. The van der Waals surface area contributed by atoms with Crippen molar-refractivity contribution < 1.29 is 0 Å². The van der Waals surface area contributed by atoms with Crippen molar-refractivity contribution in [1.29, 1.82) is 0 Å². The second kappa shape index (κ2) is 9.82. The Hall–Kier alpha value is -2.22. The summed E-state index contributed by atoms with van der Waals surface area (Å²) in [6.45, 7) is 18.0. The van der Waals surface area contributed by atoms with Crippen LogP contribution in [-0.4, -0.2) is 0 Å². The molecule has 0 aliphatic carbocycles. The molecule has 0 aliphatic heterocycles. The van der Waals surface area contributed by atoms with E-state index in [1.807, 2.05) is 12.4 Å². The number of benzene rings is 2. The number of anilines is 2. The molecule has 0 unspecified atom stereocenters. The Morgan fingerprint density at radius 2 is 0.750 bits per heavy atom. The Morgan fingerprint density at radius 1 is 0.500 bits per heavy atom. The molecule has 0 radical (unpaired) electrons. The van der Waals surface area contributed by atoms with Crippen molar-refractivity contribution in [3.05, 3.63) is 71.1 Å². The van der Waals surface area contributed by atoms with E-state index < -0.39 is 0 Å². The van der Waals surface area contributed by atoms with E-state index in [1.165, 1.54) is 33.6 Å². The van der Waals surface area contributed by atoms with Crippen LogP contribution in [0.5, 0.6) is 0 Å². The van der Waals surface area contributed by atoms with Crippen molar-refractivity contribution >= 4 is 11.4 Å². The Bertz CT molecular complexity index is 678. The van der Waals surface area contributed by atoms with Gasteiger partial charge in [0.2, 0.25) is 0 Å². The summed E-state index contributed by atoms with van der Waals surface area (Å²) in [5.74, 6) is 1.93. The maximum atomic E-state index is 3.57. The molecule has 2 heteroatoms. The summed E-state index contributed by atoms with van der Waals surface area (Å²) < 4.78 is 0. The fourth-order valence-corrected chi connectivity index (χ4v) is 3.69. The summed E-state index contributed by atoms with van der Waals surface area (Å²) >= 11 is 0. The van der Waals surface area contributed by atoms with E-state index in [9.17, 15) is 0 Å². The van der Waals surface area contributed by atoms with E-state index >= 15 is 0 Å². The van der Waals surface area contributed by atoms with Gasteiger partial charge in [-0.15, -0.1) is 0 Å². The summed E-state index contributed by atoms with van der Waals surface area (Å²) in [5, 5.41) is 7.14. The number of nitrogens with one attached hydrogen (secondary N) is 2. The minimum absolute atomic E-state index is 0.483. The van der Waals surface area contributed by atoms with Crippen LogP contribution in [0, 0.1) is 0 Å². The number of rotatable bonds is 8. The van der Waals surface area contributed by atoms with Crippen LogP contribution in [0.3, 0.4) is 0 Å². The molecule has 0 amide bonds. The van der Waals surface area contributed by atoms with Gasteiger partial charge in [0.05, 0.1) is 0 Å². The van der Waals surface area contributed by atoms with Gasteiger partial charge in [-0.05, 0) is 45.9 Å². The van der Waals surface area contributed by atoms with Crippen molar-refractivity contribution in [2.45, 2.75) is 79.1 Å². The largest absolute Gasteiger partial charge is 0.360 e. The van der Waals surface area contributed by atoms with Gasteiger partial charge in [0.25, 0.3) is 0 Å². The first-order valence-corrected chi connectivity index (χ1v) is 10.7. The minimum Gasteiger partial charge on any atom is -0.360 e. The quantitative estimate of drug-likeness (QED) is 0.484. The molecule has 152 valence electrons. The van der Waals surface area contributed by atoms with Crippen molar-refractivity contribution in [1.82, 2.24) is 0 Å². The molecule has 2 aromatic rings. The monoisotopic (exact) mass is 378 g/mol. The van der Waals surface area contributed by atoms with Gasteiger partial charge in [0.1, 0.15) is 0 Å². The summed E-state index contributed by atoms with van der Waals surface area (Å²) in [7, 11) is 0. The van der Waals surface area contributed by atoms with Crippen molar-refractivity contribution in [2.24, 2.45) is 0 Å². The number of para-hydroxylation sites is 2. The van der Waals surface area contributed by atoms with Crippen LogP contribution >= 0.6 is 0 Å². The van der Waals surface area contributed by atoms with Gasteiger partial charge in [-0.3, -0.25) is 0 Å². The second-order valence-corrected chi connectivity index (χ2v) is 8.86. The number of hydrogen-bond acceptors (Lipinski definition) is 2. The first-order valence-electron chi connectivity index (χ1n) is 10.7. The molecular formula is C26H38N2. The van der Waals surface area contributed by atoms with Gasteiger partial charge in [0, 0.05) is 23.8 Å². The normalized spacial score (nSPS) is 12.0. The molecule has 0 saturated carbocycles. The molecule has 2 nitrogen and oxygen atoms in total. The first-order chi connectivity index (χ1) is 13.2. The molecule has 0 aromatic heterocycles. The SMILES string of the molecule is CC(C)c1cccc(C(C)C)c1NC=CNc1c(C(C)C)cccc1C(C)C. The lowest BCUT2D eigenvalue weighted by Crippen LogP contribution is -2.05. The predicted molar refractivity (Wildman–Crippen MR) is 126 cm³/mol. The fourth-order valence-electron chi connectivity index (χ4n) is 3.69. The van der Waals surface area contributed by atoms with Gasteiger partial charge in [-0.1, -0.05) is 91.8 Å². The highest BCUT2D eigenvalue weighted by molar-refractivity contribution is 5.63. The zero-order valence-electron chi connectivity index (χ0n) is 18.9. The highest BCUT2D eigenvalue weighted by Crippen LogP contribution is 2.34. The molecule has 28 heavy (non-hydrogen) atoms. The fraction of sp³-hybridized carbons (Fsp3) is 0.462. The molecule has 0 fully saturated rings. The predicted octanol–water partition coefficient (Wildman–Crippen LogP) is 8.18. The third kappa shape index (κ3) is 5.19. The lowest BCUT2D eigenvalue weighted by molar-refractivity contribution is 0.837. The van der Waals surface area contributed by atoms with E-state index in [2.05, 4.69) is 102 Å². The third-order valence-corrected chi connectivity index (χ3v) is 5.28. The van der Waals surface area contributed by atoms with Crippen molar-refractivity contribution in [3.8, 4) is 0 Å². The highest BCUT2D eigenvalue weighted by Gasteiger charge is 2.14. The standard InChI is InChI=1S/C26H38N2/c1-17(2)21-11-9-12-22(18(3)4)25(21)27-15-16-28-26-23(19(5)6)13-10-14-24(26)20(7)8/h9-20,27-28H,1-8H3. The Kier molecular flexibility index (Phi) is 7.74. The molecule has 2 aromatic carbocycles. The average molecular weight is 379 g/mol. The Balaban J connectivity index is 2.29. The molecular weight excluding hydrogens is 340 g/mol. The summed E-state index contributed by atoms with van der Waals surface area (Å²) in [4.78, 5) is 0. The Morgan fingerprint density at radius 3 is 0.964 bits per heavy atom. The van der Waals surface area contributed by atoms with E-state index in [1.54, 1.807) is 0 Å². The number of hydrogen-bond donors (Lipinski definition) is 2. The molecule has 0 heterocycles. The average Bonchev–Trinajstić information content (AvgIpc) is 2.64. The third-order valence-electron chi connectivity index (χ3n) is 5.28. The smallest absolute Gasteiger partial charge is 0.0450 e. The molecule has 2 N–H and O–H groups in total. The van der Waals surface area contributed by atoms with Crippen LogP contribution in [0.4, 0.5) is 11.4 Å². The van der Waals surface area contributed by atoms with Gasteiger partial charge < -0.3 is 10.6 Å². The zero-order valence-corrected chi connectivity index (χ0v) is 18.9. The highest BCUT2D eigenvalue weighted by atomic mass is 14.9. The second-order valence-electron chi connectivity index (χ2n) is 8.86. The van der Waals surface area contributed by atoms with Crippen LogP contribution in [0.15, 0.2) is 48.8 Å². The first kappa shape index (κ1) is 22.1. The van der Waals surface area contributed by atoms with E-state index in [0.29, 0.717) is 23.7 Å². The molecule has 0 spiro atoms. The van der Waals surface area contributed by atoms with Crippen molar-refractivity contribution in [2.75, 3.05) is 10.6 Å². The van der Waals surface area contributed by atoms with Crippen LogP contribution in [0.1, 0.15) is 101 Å². The van der Waals surface area contributed by atoms with E-state index in [0.717, 1.165) is 0 Å². The maximum Gasteiger partial charge on any atom is 0.0450 e. The summed E-state index contributed by atoms with van der Waals surface area (Å²) in [6, 6.07) is 13.3. The minimum atomic E-state index is 0.483. The van der Waals surface area contributed by atoms with Crippen LogP contribution in [0.25, 0.3) is 0 Å². The van der Waals surface area contributed by atoms with Gasteiger partial charge >= 0.3 is 0 Å². The molecule has 0 bridgehead atoms. The lowest BCUT2D eigenvalue weighted by Gasteiger charge is -2.20. The maximum absolute atomic E-state index is 3.57. The zero-order chi connectivity index (χ0) is 20.8. The molecule has 0 aliphatic rings. The van der Waals surface area contributed by atoms with E-state index in [4.69, 9.17) is 0 Å². The van der Waals surface area contributed by atoms with Gasteiger partial charge in [0.15, 0.2) is 0 Å². The molecule has 0 atom stereocenters. The summed E-state index contributed by atoms with van der Waals surface area (Å²) in [6.07, 6.45) is 4.07. The van der Waals surface area contributed by atoms with Gasteiger partial charge in [-0.2, -0.15) is 0 Å². The topological polar surface area (TPSA) is 24.1 Å². The van der Waals surface area contributed by atoms with Crippen molar-refractivity contribution in [3.63, 3.8) is 0 Å².